The van der Waals surface area contributed by atoms with Gasteiger partial charge in [0.05, 0.1) is 11.7 Å². The summed E-state index contributed by atoms with van der Waals surface area (Å²) in [5, 5.41) is 5.63. The summed E-state index contributed by atoms with van der Waals surface area (Å²) in [6.07, 6.45) is 1.95. The lowest BCUT2D eigenvalue weighted by molar-refractivity contribution is 0.495. The van der Waals surface area contributed by atoms with Gasteiger partial charge in [0.1, 0.15) is 0 Å². The van der Waals surface area contributed by atoms with Crippen LogP contribution in [0.3, 0.4) is 0 Å². The Labute approximate surface area is 98.3 Å². The van der Waals surface area contributed by atoms with E-state index in [1.54, 1.807) is 0 Å². The van der Waals surface area contributed by atoms with E-state index >= 15 is 0 Å². The Hall–Kier alpha value is -1.31. The lowest BCUT2D eigenvalue weighted by Crippen LogP contribution is -2.05. The third-order valence-electron chi connectivity index (χ3n) is 2.34. The predicted molar refractivity (Wildman–Crippen MR) is 70.7 cm³/mol. The van der Waals surface area contributed by atoms with Crippen LogP contribution >= 0.6 is 0 Å². The van der Waals surface area contributed by atoms with Crippen LogP contribution in [0.1, 0.15) is 33.3 Å². The van der Waals surface area contributed by atoms with Crippen LogP contribution in [-0.2, 0) is 6.54 Å². The molecule has 0 saturated heterocycles. The molecule has 2 nitrogen and oxygen atoms in total. The summed E-state index contributed by atoms with van der Waals surface area (Å²) in [5.74, 6) is 0.638. The van der Waals surface area contributed by atoms with Gasteiger partial charge in [-0.05, 0) is 25.0 Å². The highest BCUT2D eigenvalue weighted by molar-refractivity contribution is 5.79. The fourth-order valence-corrected chi connectivity index (χ4v) is 1.70. The fourth-order valence-electron chi connectivity index (χ4n) is 1.70. The number of aromatic nitrogens is 2. The summed E-state index contributed by atoms with van der Waals surface area (Å²) in [4.78, 5) is 0. The SMILES string of the molecule is CC.Cc1ccc2c(cnn2CC(C)C)c1. The molecule has 0 radical (unpaired) electrons. The zero-order valence-corrected chi connectivity index (χ0v) is 11.0. The molecule has 1 aromatic carbocycles. The van der Waals surface area contributed by atoms with Crippen molar-refractivity contribution in [2.75, 3.05) is 0 Å². The van der Waals surface area contributed by atoms with Crippen molar-refractivity contribution < 1.29 is 0 Å². The first-order valence-electron chi connectivity index (χ1n) is 6.09. The summed E-state index contributed by atoms with van der Waals surface area (Å²) in [6, 6.07) is 6.47. The number of fused-ring (bicyclic) bond motifs is 1. The van der Waals surface area contributed by atoms with Crippen LogP contribution in [0.5, 0.6) is 0 Å². The molecular formula is C14H22N2. The maximum atomic E-state index is 4.39. The maximum absolute atomic E-state index is 4.39. The summed E-state index contributed by atoms with van der Waals surface area (Å²) in [5.41, 5.74) is 2.53. The third kappa shape index (κ3) is 2.84. The van der Waals surface area contributed by atoms with Gasteiger partial charge in [-0.15, -0.1) is 0 Å². The van der Waals surface area contributed by atoms with E-state index in [2.05, 4.69) is 48.8 Å². The minimum Gasteiger partial charge on any atom is -0.265 e. The van der Waals surface area contributed by atoms with Gasteiger partial charge in [0.25, 0.3) is 0 Å². The zero-order chi connectivity index (χ0) is 12.1. The fraction of sp³-hybridized carbons (Fsp3) is 0.500. The van der Waals surface area contributed by atoms with Gasteiger partial charge in [-0.2, -0.15) is 5.10 Å². The molecule has 0 bridgehead atoms. The third-order valence-corrected chi connectivity index (χ3v) is 2.34. The molecule has 2 rings (SSSR count). The van der Waals surface area contributed by atoms with Crippen LogP contribution in [0.15, 0.2) is 24.4 Å². The molecule has 88 valence electrons. The van der Waals surface area contributed by atoms with Crippen LogP contribution in [0.2, 0.25) is 0 Å². The highest BCUT2D eigenvalue weighted by Gasteiger charge is 2.03. The van der Waals surface area contributed by atoms with Crippen molar-refractivity contribution in [3.8, 4) is 0 Å². The molecule has 1 heterocycles. The second-order valence-electron chi connectivity index (χ2n) is 4.28. The van der Waals surface area contributed by atoms with Gasteiger partial charge in [0.15, 0.2) is 0 Å². The van der Waals surface area contributed by atoms with Gasteiger partial charge >= 0.3 is 0 Å². The van der Waals surface area contributed by atoms with E-state index < -0.39 is 0 Å². The van der Waals surface area contributed by atoms with Crippen molar-refractivity contribution in [2.24, 2.45) is 5.92 Å². The lowest BCUT2D eigenvalue weighted by atomic mass is 10.2. The standard InChI is InChI=1S/C12H16N2.C2H6/c1-9(2)8-14-12-5-4-10(3)6-11(12)7-13-14;1-2/h4-7,9H,8H2,1-3H3;1-2H3. The molecule has 2 heteroatoms. The number of benzene rings is 1. The minimum absolute atomic E-state index is 0.638. The molecule has 0 atom stereocenters. The van der Waals surface area contributed by atoms with Gasteiger partial charge < -0.3 is 0 Å². The van der Waals surface area contributed by atoms with E-state index in [1.165, 1.54) is 16.5 Å². The van der Waals surface area contributed by atoms with Gasteiger partial charge in [-0.1, -0.05) is 39.3 Å². The largest absolute Gasteiger partial charge is 0.265 e. The zero-order valence-electron chi connectivity index (χ0n) is 11.0. The Kier molecular flexibility index (Phi) is 4.53. The van der Waals surface area contributed by atoms with Gasteiger partial charge in [-0.3, -0.25) is 4.68 Å². The number of hydrogen-bond donors (Lipinski definition) is 0. The normalized spacial score (nSPS) is 10.4. The Morgan fingerprint density at radius 2 is 1.94 bits per heavy atom. The van der Waals surface area contributed by atoms with Crippen molar-refractivity contribution in [3.63, 3.8) is 0 Å². The number of nitrogens with zero attached hydrogens (tertiary/aromatic N) is 2. The van der Waals surface area contributed by atoms with Crippen LogP contribution < -0.4 is 0 Å². The van der Waals surface area contributed by atoms with Crippen molar-refractivity contribution >= 4 is 10.9 Å². The molecule has 0 N–H and O–H groups in total. The highest BCUT2D eigenvalue weighted by Crippen LogP contribution is 2.16. The molecule has 0 saturated carbocycles. The van der Waals surface area contributed by atoms with Crippen LogP contribution in [0.25, 0.3) is 10.9 Å². The van der Waals surface area contributed by atoms with Crippen molar-refractivity contribution in [2.45, 2.75) is 41.2 Å². The van der Waals surface area contributed by atoms with E-state index in [-0.39, 0.29) is 0 Å². The van der Waals surface area contributed by atoms with E-state index in [4.69, 9.17) is 0 Å². The lowest BCUT2D eigenvalue weighted by Gasteiger charge is -2.06. The molecule has 0 aliphatic carbocycles. The minimum atomic E-state index is 0.638. The van der Waals surface area contributed by atoms with Gasteiger partial charge in [0, 0.05) is 11.9 Å². The second-order valence-corrected chi connectivity index (χ2v) is 4.28. The van der Waals surface area contributed by atoms with Gasteiger partial charge in [-0.25, -0.2) is 0 Å². The smallest absolute Gasteiger partial charge is 0.0682 e. The van der Waals surface area contributed by atoms with Crippen molar-refractivity contribution in [1.82, 2.24) is 9.78 Å². The molecule has 2 aromatic rings. The van der Waals surface area contributed by atoms with Crippen molar-refractivity contribution in [3.05, 3.63) is 30.0 Å². The monoisotopic (exact) mass is 218 g/mol. The molecular weight excluding hydrogens is 196 g/mol. The predicted octanol–water partition coefficient (Wildman–Crippen LogP) is 4.03. The molecule has 0 unspecified atom stereocenters. The highest BCUT2D eigenvalue weighted by atomic mass is 15.3. The first kappa shape index (κ1) is 12.8. The first-order chi connectivity index (χ1) is 7.66. The molecule has 0 aliphatic heterocycles. The Balaban J connectivity index is 0.000000606. The average molecular weight is 218 g/mol. The molecule has 0 fully saturated rings. The first-order valence-corrected chi connectivity index (χ1v) is 6.09. The Bertz CT molecular complexity index is 441. The van der Waals surface area contributed by atoms with Gasteiger partial charge in [0.2, 0.25) is 0 Å². The number of aryl methyl sites for hydroxylation is 1. The summed E-state index contributed by atoms with van der Waals surface area (Å²) in [7, 11) is 0. The molecule has 0 aliphatic rings. The molecule has 0 spiro atoms. The molecule has 16 heavy (non-hydrogen) atoms. The van der Waals surface area contributed by atoms with E-state index in [0.29, 0.717) is 5.92 Å². The molecule has 0 amide bonds. The summed E-state index contributed by atoms with van der Waals surface area (Å²) >= 11 is 0. The van der Waals surface area contributed by atoms with E-state index in [1.807, 2.05) is 20.0 Å². The Morgan fingerprint density at radius 1 is 1.25 bits per heavy atom. The summed E-state index contributed by atoms with van der Waals surface area (Å²) in [6.45, 7) is 11.5. The average Bonchev–Trinajstić information content (AvgIpc) is 2.63. The molecule has 1 aromatic heterocycles. The van der Waals surface area contributed by atoms with Crippen LogP contribution in [0, 0.1) is 12.8 Å². The van der Waals surface area contributed by atoms with Crippen molar-refractivity contribution in [1.29, 1.82) is 0 Å². The van der Waals surface area contributed by atoms with E-state index in [0.717, 1.165) is 6.54 Å². The van der Waals surface area contributed by atoms with Crippen LogP contribution in [0.4, 0.5) is 0 Å². The topological polar surface area (TPSA) is 17.8 Å². The Morgan fingerprint density at radius 3 is 2.56 bits per heavy atom. The number of rotatable bonds is 2. The summed E-state index contributed by atoms with van der Waals surface area (Å²) < 4.78 is 2.08. The maximum Gasteiger partial charge on any atom is 0.0682 e. The van der Waals surface area contributed by atoms with E-state index in [9.17, 15) is 0 Å². The second kappa shape index (κ2) is 5.69. The quantitative estimate of drug-likeness (QED) is 0.744. The number of hydrogen-bond acceptors (Lipinski definition) is 1. The van der Waals surface area contributed by atoms with Crippen LogP contribution in [-0.4, -0.2) is 9.78 Å².